The van der Waals surface area contributed by atoms with Crippen molar-refractivity contribution in [1.82, 2.24) is 10.2 Å². The van der Waals surface area contributed by atoms with E-state index in [0.717, 1.165) is 11.3 Å². The highest BCUT2D eigenvalue weighted by Crippen LogP contribution is 2.46. The first kappa shape index (κ1) is 24.4. The number of esters is 1. The summed E-state index contributed by atoms with van der Waals surface area (Å²) in [5, 5.41) is 5.20. The van der Waals surface area contributed by atoms with E-state index in [-0.39, 0.29) is 22.8 Å². The molecule has 2 atom stereocenters. The monoisotopic (exact) mass is 467 g/mol. The number of anilines is 1. The van der Waals surface area contributed by atoms with Crippen LogP contribution in [-0.4, -0.2) is 54.0 Å². The van der Waals surface area contributed by atoms with Gasteiger partial charge in [-0.05, 0) is 54.9 Å². The Kier molecular flexibility index (Phi) is 6.89. The molecule has 11 heteroatoms. The van der Waals surface area contributed by atoms with Crippen molar-refractivity contribution in [1.29, 1.82) is 0 Å². The molecular weight excluding hydrogens is 440 g/mol. The van der Waals surface area contributed by atoms with E-state index in [1.165, 1.54) is 24.3 Å². The van der Waals surface area contributed by atoms with Gasteiger partial charge in [-0.2, -0.15) is 8.78 Å². The Morgan fingerprint density at radius 3 is 2.48 bits per heavy atom. The summed E-state index contributed by atoms with van der Waals surface area (Å²) in [7, 11) is 0. The second-order valence-corrected chi connectivity index (χ2v) is 9.37. The Bertz CT molecular complexity index is 937. The van der Waals surface area contributed by atoms with Gasteiger partial charge in [-0.1, -0.05) is 20.8 Å². The van der Waals surface area contributed by atoms with Gasteiger partial charge in [0.1, 0.15) is 17.8 Å². The zero-order valence-corrected chi connectivity index (χ0v) is 18.7. The van der Waals surface area contributed by atoms with Crippen molar-refractivity contribution in [2.24, 2.45) is 11.3 Å². The maximum Gasteiger partial charge on any atom is 0.387 e. The number of amides is 4. The van der Waals surface area contributed by atoms with Crippen molar-refractivity contribution < 1.29 is 37.4 Å². The van der Waals surface area contributed by atoms with Gasteiger partial charge in [-0.15, -0.1) is 0 Å². The van der Waals surface area contributed by atoms with Gasteiger partial charge in [0, 0.05) is 5.69 Å². The van der Waals surface area contributed by atoms with E-state index >= 15 is 0 Å². The van der Waals surface area contributed by atoms with Crippen LogP contribution in [-0.2, 0) is 19.1 Å². The summed E-state index contributed by atoms with van der Waals surface area (Å²) in [4.78, 5) is 50.5. The number of imide groups is 1. The minimum atomic E-state index is -2.96. The standard InChI is InChI=1S/C22H27F2N3O6/c1-13-8-21(2,3)12-22(9-13)18(30)27(20(31)26-22)10-17(29)32-11-16(28)25-14-4-6-15(7-5-14)33-19(23)24/h4-7,13,19H,8-12H2,1-3H3,(H,25,28)(H,26,31). The molecule has 1 saturated carbocycles. The number of alkyl halides is 2. The molecule has 180 valence electrons. The summed E-state index contributed by atoms with van der Waals surface area (Å²) in [5.41, 5.74) is -0.891. The first-order chi connectivity index (χ1) is 15.4. The highest BCUT2D eigenvalue weighted by Gasteiger charge is 2.56. The first-order valence-corrected chi connectivity index (χ1v) is 10.5. The first-order valence-electron chi connectivity index (χ1n) is 10.5. The van der Waals surface area contributed by atoms with Crippen LogP contribution in [0.4, 0.5) is 19.3 Å². The van der Waals surface area contributed by atoms with Gasteiger partial charge in [0.2, 0.25) is 0 Å². The van der Waals surface area contributed by atoms with E-state index in [1.54, 1.807) is 0 Å². The highest BCUT2D eigenvalue weighted by molar-refractivity contribution is 6.09. The molecule has 1 saturated heterocycles. The van der Waals surface area contributed by atoms with Gasteiger partial charge < -0.3 is 20.1 Å². The molecule has 2 unspecified atom stereocenters. The number of halogens is 2. The third kappa shape index (κ3) is 5.96. The second kappa shape index (κ2) is 9.32. The van der Waals surface area contributed by atoms with Gasteiger partial charge in [0.15, 0.2) is 6.61 Å². The van der Waals surface area contributed by atoms with Gasteiger partial charge in [-0.3, -0.25) is 19.3 Å². The van der Waals surface area contributed by atoms with Crippen LogP contribution in [0.2, 0.25) is 0 Å². The van der Waals surface area contributed by atoms with Gasteiger partial charge >= 0.3 is 18.6 Å². The van der Waals surface area contributed by atoms with Crippen LogP contribution < -0.4 is 15.4 Å². The van der Waals surface area contributed by atoms with Crippen LogP contribution >= 0.6 is 0 Å². The van der Waals surface area contributed by atoms with Crippen LogP contribution in [0.15, 0.2) is 24.3 Å². The predicted octanol–water partition coefficient (Wildman–Crippen LogP) is 2.91. The molecule has 1 aliphatic carbocycles. The molecule has 1 aromatic rings. The molecule has 1 aromatic carbocycles. The molecule has 9 nitrogen and oxygen atoms in total. The molecule has 4 amide bonds. The smallest absolute Gasteiger partial charge is 0.387 e. The molecule has 2 fully saturated rings. The number of carbonyl (C=O) groups is 4. The van der Waals surface area contributed by atoms with E-state index < -0.39 is 49.1 Å². The Hall–Kier alpha value is -3.24. The predicted molar refractivity (Wildman–Crippen MR) is 112 cm³/mol. The maximum absolute atomic E-state index is 13.0. The fourth-order valence-electron chi connectivity index (χ4n) is 4.89. The maximum atomic E-state index is 13.0. The summed E-state index contributed by atoms with van der Waals surface area (Å²) in [5.74, 6) is -1.89. The SMILES string of the molecule is CC1CC(C)(C)CC2(C1)NC(=O)N(CC(=O)OCC(=O)Nc1ccc(OC(F)F)cc1)C2=O. The number of benzene rings is 1. The highest BCUT2D eigenvalue weighted by atomic mass is 19.3. The minimum Gasteiger partial charge on any atom is -0.454 e. The summed E-state index contributed by atoms with van der Waals surface area (Å²) in [6, 6.07) is 4.52. The van der Waals surface area contributed by atoms with Crippen molar-refractivity contribution in [3.05, 3.63) is 24.3 Å². The Morgan fingerprint density at radius 2 is 1.88 bits per heavy atom. The minimum absolute atomic E-state index is 0.0727. The van der Waals surface area contributed by atoms with Crippen LogP contribution in [0, 0.1) is 11.3 Å². The lowest BCUT2D eigenvalue weighted by molar-refractivity contribution is -0.150. The van der Waals surface area contributed by atoms with Gasteiger partial charge in [0.25, 0.3) is 11.8 Å². The number of hydrogen-bond acceptors (Lipinski definition) is 6. The number of rotatable bonds is 7. The number of carbonyl (C=O) groups excluding carboxylic acids is 4. The Balaban J connectivity index is 1.51. The number of ether oxygens (including phenoxy) is 2. The molecule has 2 N–H and O–H groups in total. The van der Waals surface area contributed by atoms with Crippen LogP contribution in [0.1, 0.15) is 40.0 Å². The lowest BCUT2D eigenvalue weighted by atomic mass is 9.64. The van der Waals surface area contributed by atoms with E-state index in [4.69, 9.17) is 4.74 Å². The molecule has 0 aromatic heterocycles. The number of hydrogen-bond donors (Lipinski definition) is 2. The fraction of sp³-hybridized carbons (Fsp3) is 0.545. The van der Waals surface area contributed by atoms with E-state index in [9.17, 15) is 28.0 Å². The van der Waals surface area contributed by atoms with Crippen molar-refractivity contribution in [3.8, 4) is 5.75 Å². The molecule has 0 radical (unpaired) electrons. The Labute approximate surface area is 189 Å². The largest absolute Gasteiger partial charge is 0.454 e. The summed E-state index contributed by atoms with van der Waals surface area (Å²) in [6.45, 7) is 1.90. The third-order valence-corrected chi connectivity index (χ3v) is 5.64. The average Bonchev–Trinajstić information content (AvgIpc) is 2.89. The van der Waals surface area contributed by atoms with Gasteiger partial charge in [0.05, 0.1) is 0 Å². The van der Waals surface area contributed by atoms with Crippen LogP contribution in [0.5, 0.6) is 5.75 Å². The van der Waals surface area contributed by atoms with Crippen molar-refractivity contribution >= 4 is 29.5 Å². The average molecular weight is 467 g/mol. The van der Waals surface area contributed by atoms with E-state index in [2.05, 4.69) is 15.4 Å². The lowest BCUT2D eigenvalue weighted by Crippen LogP contribution is -2.54. The van der Waals surface area contributed by atoms with Crippen LogP contribution in [0.3, 0.4) is 0 Å². The van der Waals surface area contributed by atoms with E-state index in [1.807, 2.05) is 20.8 Å². The molecule has 3 rings (SSSR count). The normalized spacial score (nSPS) is 24.1. The summed E-state index contributed by atoms with van der Waals surface area (Å²) in [6.07, 6.45) is 1.90. The second-order valence-electron chi connectivity index (χ2n) is 9.37. The molecule has 1 aliphatic heterocycles. The van der Waals surface area contributed by atoms with Gasteiger partial charge in [-0.25, -0.2) is 4.79 Å². The molecule has 1 heterocycles. The fourth-order valence-corrected chi connectivity index (χ4v) is 4.89. The topological polar surface area (TPSA) is 114 Å². The lowest BCUT2D eigenvalue weighted by Gasteiger charge is -2.43. The molecule has 1 spiro atoms. The molecule has 2 aliphatic rings. The zero-order valence-electron chi connectivity index (χ0n) is 18.7. The number of urea groups is 1. The van der Waals surface area contributed by atoms with Crippen molar-refractivity contribution in [2.75, 3.05) is 18.5 Å². The third-order valence-electron chi connectivity index (χ3n) is 5.64. The van der Waals surface area contributed by atoms with E-state index in [0.29, 0.717) is 12.8 Å². The van der Waals surface area contributed by atoms with Crippen molar-refractivity contribution in [2.45, 2.75) is 52.2 Å². The summed E-state index contributed by atoms with van der Waals surface area (Å²) < 4.78 is 33.4. The number of nitrogens with one attached hydrogen (secondary N) is 2. The Morgan fingerprint density at radius 1 is 1.21 bits per heavy atom. The zero-order chi connectivity index (χ0) is 24.4. The van der Waals surface area contributed by atoms with Crippen molar-refractivity contribution in [3.63, 3.8) is 0 Å². The quantitative estimate of drug-likeness (QED) is 0.471. The summed E-state index contributed by atoms with van der Waals surface area (Å²) >= 11 is 0. The van der Waals surface area contributed by atoms with Crippen LogP contribution in [0.25, 0.3) is 0 Å². The molecule has 0 bridgehead atoms. The number of nitrogens with zero attached hydrogens (tertiary/aromatic N) is 1. The molecular formula is C22H27F2N3O6. The molecule has 33 heavy (non-hydrogen) atoms.